The van der Waals surface area contributed by atoms with Crippen molar-refractivity contribution >= 4 is 69.5 Å². The molecule has 0 saturated carbocycles. The van der Waals surface area contributed by atoms with Gasteiger partial charge in [0.25, 0.3) is 11.6 Å². The number of thiocarbonyl (C=S) groups is 1. The molecule has 0 spiro atoms. The average molecular weight is 443 g/mol. The molecule has 2 N–H and O–H groups in total. The summed E-state index contributed by atoms with van der Waals surface area (Å²) in [6.45, 7) is 0. The topological polar surface area (TPSA) is 138 Å². The number of halogens is 1. The summed E-state index contributed by atoms with van der Waals surface area (Å²) in [6.07, 6.45) is 1.91. The lowest BCUT2D eigenvalue weighted by atomic mass is 10.1. The maximum absolute atomic E-state index is 12.5. The summed E-state index contributed by atoms with van der Waals surface area (Å²) in [5.74, 6) is -3.65. The van der Waals surface area contributed by atoms with Gasteiger partial charge in [0.15, 0.2) is 0 Å². The van der Waals surface area contributed by atoms with Crippen LogP contribution in [0.2, 0.25) is 0 Å². The van der Waals surface area contributed by atoms with Gasteiger partial charge in [-0.2, -0.15) is 0 Å². The molecule has 1 aromatic rings. The number of carboxylic acid groups (broad SMARTS) is 2. The second-order valence-corrected chi connectivity index (χ2v) is 7.49. The van der Waals surface area contributed by atoms with Crippen LogP contribution in [-0.4, -0.2) is 48.2 Å². The van der Waals surface area contributed by atoms with Gasteiger partial charge in [-0.25, -0.2) is 4.79 Å². The molecule has 1 saturated heterocycles. The Balaban J connectivity index is 2.25. The molecule has 1 atom stereocenters. The minimum absolute atomic E-state index is 0.0322. The van der Waals surface area contributed by atoms with Gasteiger partial charge in [-0.15, -0.1) is 0 Å². The standard InChI is InChI=1S/C16H11ClN2O7S2/c17-9(5-8-1-3-10(4-2-8)19(25)26)6-12-14(22)18(16(27)28-12)11(15(23)24)7-13(20)21/h1-6,11H,7H2,(H,20,21)(H,23,24). The largest absolute Gasteiger partial charge is 0.481 e. The third-order valence-corrected chi connectivity index (χ3v) is 5.01. The number of rotatable bonds is 7. The molecule has 0 aromatic heterocycles. The van der Waals surface area contributed by atoms with Crippen LogP contribution in [0.25, 0.3) is 6.08 Å². The molecule has 1 aromatic carbocycles. The van der Waals surface area contributed by atoms with Crippen molar-refractivity contribution in [3.8, 4) is 0 Å². The Bertz CT molecular complexity index is 927. The van der Waals surface area contributed by atoms with Crippen LogP contribution in [0.4, 0.5) is 5.69 Å². The molecule has 1 heterocycles. The Kier molecular flexibility index (Phi) is 6.89. The van der Waals surface area contributed by atoms with E-state index in [0.29, 0.717) is 5.56 Å². The molecule has 146 valence electrons. The first kappa shape index (κ1) is 21.5. The smallest absolute Gasteiger partial charge is 0.327 e. The van der Waals surface area contributed by atoms with Gasteiger partial charge in [-0.05, 0) is 29.8 Å². The number of carbonyl (C=O) groups excluding carboxylic acids is 1. The Labute approximate surface area is 172 Å². The fraction of sp³-hybridized carbons (Fsp3) is 0.125. The second-order valence-electron chi connectivity index (χ2n) is 5.38. The number of carboxylic acids is 2. The van der Waals surface area contributed by atoms with Gasteiger partial charge in [0.05, 0.1) is 16.2 Å². The van der Waals surface area contributed by atoms with Crippen molar-refractivity contribution in [1.82, 2.24) is 4.90 Å². The predicted molar refractivity (Wildman–Crippen MR) is 106 cm³/mol. The van der Waals surface area contributed by atoms with Crippen molar-refractivity contribution in [2.75, 3.05) is 0 Å². The van der Waals surface area contributed by atoms with Crippen LogP contribution in [0.3, 0.4) is 0 Å². The van der Waals surface area contributed by atoms with E-state index in [4.69, 9.17) is 28.9 Å². The lowest BCUT2D eigenvalue weighted by molar-refractivity contribution is -0.384. The molecule has 9 nitrogen and oxygen atoms in total. The molecule has 0 aliphatic carbocycles. The van der Waals surface area contributed by atoms with Crippen LogP contribution >= 0.6 is 35.6 Å². The number of non-ortho nitro benzene ring substituents is 1. The maximum Gasteiger partial charge on any atom is 0.327 e. The summed E-state index contributed by atoms with van der Waals surface area (Å²) in [5.41, 5.74) is 0.448. The first-order chi connectivity index (χ1) is 13.1. The van der Waals surface area contributed by atoms with Crippen LogP contribution in [0, 0.1) is 10.1 Å². The molecular formula is C16H11ClN2O7S2. The molecule has 1 amide bonds. The fourth-order valence-electron chi connectivity index (χ4n) is 2.22. The van der Waals surface area contributed by atoms with Crippen LogP contribution in [0.5, 0.6) is 0 Å². The number of nitrogens with zero attached hydrogens (tertiary/aromatic N) is 2. The number of benzene rings is 1. The first-order valence-corrected chi connectivity index (χ1v) is 9.03. The number of allylic oxidation sites excluding steroid dienone is 2. The van der Waals surface area contributed by atoms with E-state index in [-0.39, 0.29) is 19.9 Å². The SMILES string of the molecule is O=C(O)CC(C(=O)O)N1C(=O)C(=CC(Cl)=Cc2ccc([N+](=O)[O-])cc2)SC1=S. The third-order valence-electron chi connectivity index (χ3n) is 3.47. The lowest BCUT2D eigenvalue weighted by Gasteiger charge is -2.21. The summed E-state index contributed by atoms with van der Waals surface area (Å²) >= 11 is 11.9. The summed E-state index contributed by atoms with van der Waals surface area (Å²) in [6, 6.07) is 3.88. The van der Waals surface area contributed by atoms with Crippen LogP contribution < -0.4 is 0 Å². The highest BCUT2D eigenvalue weighted by atomic mass is 35.5. The van der Waals surface area contributed by atoms with E-state index in [2.05, 4.69) is 0 Å². The summed E-state index contributed by atoms with van der Waals surface area (Å²) in [5, 5.41) is 28.8. The molecule has 0 bridgehead atoms. The number of amides is 1. The summed E-state index contributed by atoms with van der Waals surface area (Å²) < 4.78 is -0.0929. The molecular weight excluding hydrogens is 432 g/mol. The van der Waals surface area contributed by atoms with Crippen molar-refractivity contribution < 1.29 is 29.5 Å². The van der Waals surface area contributed by atoms with Gasteiger partial charge in [-0.1, -0.05) is 35.6 Å². The average Bonchev–Trinajstić information content (AvgIpc) is 2.86. The van der Waals surface area contributed by atoms with Gasteiger partial charge in [0, 0.05) is 17.2 Å². The van der Waals surface area contributed by atoms with Crippen molar-refractivity contribution in [2.24, 2.45) is 0 Å². The van der Waals surface area contributed by atoms with Crippen molar-refractivity contribution in [2.45, 2.75) is 12.5 Å². The predicted octanol–water partition coefficient (Wildman–Crippen LogP) is 2.85. The lowest BCUT2D eigenvalue weighted by Crippen LogP contribution is -2.45. The Hall–Kier alpha value is -2.76. The molecule has 1 aliphatic rings. The molecule has 28 heavy (non-hydrogen) atoms. The molecule has 2 rings (SSSR count). The molecule has 1 fully saturated rings. The Morgan fingerprint density at radius 3 is 2.43 bits per heavy atom. The zero-order valence-electron chi connectivity index (χ0n) is 13.8. The van der Waals surface area contributed by atoms with Gasteiger partial charge >= 0.3 is 11.9 Å². The maximum atomic E-state index is 12.5. The number of carbonyl (C=O) groups is 3. The van der Waals surface area contributed by atoms with Crippen molar-refractivity contribution in [3.05, 3.63) is 56.0 Å². The molecule has 0 radical (unpaired) electrons. The molecule has 1 unspecified atom stereocenters. The number of aliphatic carboxylic acids is 2. The highest BCUT2D eigenvalue weighted by Gasteiger charge is 2.41. The van der Waals surface area contributed by atoms with Crippen molar-refractivity contribution in [1.29, 1.82) is 0 Å². The van der Waals surface area contributed by atoms with E-state index in [1.165, 1.54) is 36.4 Å². The fourth-order valence-corrected chi connectivity index (χ4v) is 3.87. The number of hydrogen-bond acceptors (Lipinski definition) is 7. The zero-order valence-corrected chi connectivity index (χ0v) is 16.2. The highest BCUT2D eigenvalue weighted by Crippen LogP contribution is 2.34. The molecule has 12 heteroatoms. The third kappa shape index (κ3) is 5.15. The van der Waals surface area contributed by atoms with E-state index < -0.39 is 35.2 Å². The minimum Gasteiger partial charge on any atom is -0.481 e. The van der Waals surface area contributed by atoms with Crippen LogP contribution in [-0.2, 0) is 14.4 Å². The van der Waals surface area contributed by atoms with Crippen molar-refractivity contribution in [3.63, 3.8) is 0 Å². The monoisotopic (exact) mass is 442 g/mol. The minimum atomic E-state index is -1.63. The van der Waals surface area contributed by atoms with Gasteiger partial charge in [0.1, 0.15) is 10.4 Å². The van der Waals surface area contributed by atoms with E-state index in [1.807, 2.05) is 0 Å². The van der Waals surface area contributed by atoms with E-state index in [0.717, 1.165) is 16.7 Å². The van der Waals surface area contributed by atoms with Crippen LogP contribution in [0.15, 0.2) is 40.3 Å². The van der Waals surface area contributed by atoms with E-state index in [1.54, 1.807) is 0 Å². The summed E-state index contributed by atoms with van der Waals surface area (Å²) in [4.78, 5) is 45.6. The zero-order chi connectivity index (χ0) is 21.0. The van der Waals surface area contributed by atoms with Gasteiger partial charge in [-0.3, -0.25) is 24.6 Å². The quantitative estimate of drug-likeness (QED) is 0.282. The van der Waals surface area contributed by atoms with E-state index in [9.17, 15) is 29.6 Å². The number of nitro benzene ring substituents is 1. The first-order valence-electron chi connectivity index (χ1n) is 7.43. The normalized spacial score (nSPS) is 17.1. The molecule has 1 aliphatic heterocycles. The Morgan fingerprint density at radius 2 is 1.93 bits per heavy atom. The Morgan fingerprint density at radius 1 is 1.32 bits per heavy atom. The summed E-state index contributed by atoms with van der Waals surface area (Å²) in [7, 11) is 0. The van der Waals surface area contributed by atoms with E-state index >= 15 is 0 Å². The second kappa shape index (κ2) is 8.95. The highest BCUT2D eigenvalue weighted by molar-refractivity contribution is 8.26. The number of thioether (sulfide) groups is 1. The van der Waals surface area contributed by atoms with Gasteiger partial charge in [0.2, 0.25) is 0 Å². The van der Waals surface area contributed by atoms with Crippen LogP contribution in [0.1, 0.15) is 12.0 Å². The number of nitro groups is 1. The van der Waals surface area contributed by atoms with Gasteiger partial charge < -0.3 is 10.2 Å². The number of hydrogen-bond donors (Lipinski definition) is 2.